The van der Waals surface area contributed by atoms with E-state index in [9.17, 15) is 0 Å². The van der Waals surface area contributed by atoms with Gasteiger partial charge in [0.25, 0.3) is 0 Å². The zero-order chi connectivity index (χ0) is 10.9. The van der Waals surface area contributed by atoms with Gasteiger partial charge >= 0.3 is 0 Å². The van der Waals surface area contributed by atoms with Gasteiger partial charge in [0, 0.05) is 0 Å². The first-order chi connectivity index (χ1) is 6.56. The van der Waals surface area contributed by atoms with E-state index in [0.717, 1.165) is 0 Å². The van der Waals surface area contributed by atoms with Crippen molar-refractivity contribution in [3.05, 3.63) is 6.92 Å². The highest BCUT2D eigenvalue weighted by atomic mass is 14.1. The van der Waals surface area contributed by atoms with E-state index in [0.29, 0.717) is 5.41 Å². The fourth-order valence-electron chi connectivity index (χ4n) is 1.74. The summed E-state index contributed by atoms with van der Waals surface area (Å²) in [6.45, 7) is 10.9. The third-order valence-corrected chi connectivity index (χ3v) is 2.71. The van der Waals surface area contributed by atoms with Crippen molar-refractivity contribution in [2.45, 2.75) is 78.6 Å². The van der Waals surface area contributed by atoms with E-state index in [2.05, 4.69) is 27.7 Å². The number of rotatable bonds is 9. The Morgan fingerprint density at radius 2 is 1.21 bits per heavy atom. The molecule has 0 aliphatic rings. The maximum Gasteiger partial charge on any atom is -0.0354 e. The Kier molecular flexibility index (Phi) is 8.32. The second-order valence-corrected chi connectivity index (χ2v) is 5.39. The molecule has 0 saturated carbocycles. The van der Waals surface area contributed by atoms with Gasteiger partial charge in [-0.15, -0.1) is 0 Å². The van der Waals surface area contributed by atoms with Crippen molar-refractivity contribution >= 4 is 0 Å². The largest absolute Gasteiger partial charge is 0.0654 e. The Balaban J connectivity index is 2.99. The monoisotopic (exact) mass is 197 g/mol. The molecule has 0 heterocycles. The summed E-state index contributed by atoms with van der Waals surface area (Å²) in [6, 6.07) is 0. The molecule has 85 valence electrons. The van der Waals surface area contributed by atoms with Crippen LogP contribution < -0.4 is 0 Å². The van der Waals surface area contributed by atoms with Crippen LogP contribution in [0.25, 0.3) is 0 Å². The summed E-state index contributed by atoms with van der Waals surface area (Å²) in [7, 11) is 0. The van der Waals surface area contributed by atoms with E-state index in [1.54, 1.807) is 0 Å². The van der Waals surface area contributed by atoms with Gasteiger partial charge in [-0.05, 0) is 18.8 Å². The van der Waals surface area contributed by atoms with E-state index in [1.807, 2.05) is 0 Å². The Hall–Kier alpha value is 0. The van der Waals surface area contributed by atoms with E-state index < -0.39 is 0 Å². The Morgan fingerprint density at radius 3 is 1.64 bits per heavy atom. The summed E-state index contributed by atoms with van der Waals surface area (Å²) in [4.78, 5) is 0. The predicted molar refractivity (Wildman–Crippen MR) is 66.4 cm³/mol. The molecule has 0 heteroatoms. The third kappa shape index (κ3) is 12.0. The zero-order valence-electron chi connectivity index (χ0n) is 10.6. The molecular formula is C14H29. The number of hydrogen-bond donors (Lipinski definition) is 0. The number of hydrogen-bond acceptors (Lipinski definition) is 0. The standard InChI is InChI=1S/C14H29/c1-5-6-7-8-9-10-11-12-13-14(2,3)4/h2,5-13H2,1,3-4H3. The van der Waals surface area contributed by atoms with Gasteiger partial charge in [-0.1, -0.05) is 72.1 Å². The molecule has 0 aromatic rings. The van der Waals surface area contributed by atoms with Crippen LogP contribution in [-0.2, 0) is 0 Å². The van der Waals surface area contributed by atoms with Crippen molar-refractivity contribution in [3.8, 4) is 0 Å². The molecule has 0 amide bonds. The minimum atomic E-state index is 0.294. The molecule has 0 unspecified atom stereocenters. The molecule has 0 aromatic carbocycles. The van der Waals surface area contributed by atoms with Crippen LogP contribution in [0.1, 0.15) is 78.6 Å². The van der Waals surface area contributed by atoms with Gasteiger partial charge in [-0.2, -0.15) is 0 Å². The van der Waals surface area contributed by atoms with Crippen LogP contribution in [0.4, 0.5) is 0 Å². The third-order valence-electron chi connectivity index (χ3n) is 2.71. The van der Waals surface area contributed by atoms with Crippen LogP contribution in [0.5, 0.6) is 0 Å². The van der Waals surface area contributed by atoms with Gasteiger partial charge in [-0.3, -0.25) is 0 Å². The van der Waals surface area contributed by atoms with Crippen LogP contribution in [-0.4, -0.2) is 0 Å². The maximum absolute atomic E-state index is 4.13. The van der Waals surface area contributed by atoms with E-state index in [-0.39, 0.29) is 0 Å². The fraction of sp³-hybridized carbons (Fsp3) is 0.929. The Bertz CT molecular complexity index is 108. The predicted octanol–water partition coefficient (Wildman–Crippen LogP) is 5.38. The van der Waals surface area contributed by atoms with Crippen molar-refractivity contribution in [3.63, 3.8) is 0 Å². The summed E-state index contributed by atoms with van der Waals surface area (Å²) >= 11 is 0. The molecule has 0 bridgehead atoms. The average Bonchev–Trinajstić information content (AvgIpc) is 2.08. The lowest BCUT2D eigenvalue weighted by molar-refractivity contribution is 0.403. The molecule has 0 saturated heterocycles. The topological polar surface area (TPSA) is 0 Å². The molecule has 0 aliphatic heterocycles. The normalized spacial score (nSPS) is 12.0. The van der Waals surface area contributed by atoms with Gasteiger partial charge in [0.1, 0.15) is 0 Å². The molecule has 0 spiro atoms. The van der Waals surface area contributed by atoms with Crippen LogP contribution >= 0.6 is 0 Å². The molecule has 0 atom stereocenters. The first-order valence-corrected chi connectivity index (χ1v) is 6.41. The van der Waals surface area contributed by atoms with Gasteiger partial charge in [0.05, 0.1) is 0 Å². The Morgan fingerprint density at radius 1 is 0.786 bits per heavy atom. The highest BCUT2D eigenvalue weighted by Gasteiger charge is 2.08. The highest BCUT2D eigenvalue weighted by Crippen LogP contribution is 2.22. The van der Waals surface area contributed by atoms with Gasteiger partial charge in [-0.25, -0.2) is 0 Å². The van der Waals surface area contributed by atoms with Crippen molar-refractivity contribution < 1.29 is 0 Å². The van der Waals surface area contributed by atoms with Crippen molar-refractivity contribution in [1.82, 2.24) is 0 Å². The maximum atomic E-state index is 4.13. The average molecular weight is 197 g/mol. The Labute approximate surface area is 91.5 Å². The molecule has 0 nitrogen and oxygen atoms in total. The molecular weight excluding hydrogens is 168 g/mol. The van der Waals surface area contributed by atoms with Crippen LogP contribution in [0.15, 0.2) is 0 Å². The molecule has 0 aliphatic carbocycles. The van der Waals surface area contributed by atoms with Crippen LogP contribution in [0, 0.1) is 12.3 Å². The quantitative estimate of drug-likeness (QED) is 0.435. The van der Waals surface area contributed by atoms with E-state index in [4.69, 9.17) is 0 Å². The first-order valence-electron chi connectivity index (χ1n) is 6.41. The van der Waals surface area contributed by atoms with E-state index in [1.165, 1.54) is 57.8 Å². The van der Waals surface area contributed by atoms with Crippen molar-refractivity contribution in [1.29, 1.82) is 0 Å². The van der Waals surface area contributed by atoms with E-state index >= 15 is 0 Å². The van der Waals surface area contributed by atoms with Crippen molar-refractivity contribution in [2.24, 2.45) is 5.41 Å². The van der Waals surface area contributed by atoms with Crippen LogP contribution in [0.2, 0.25) is 0 Å². The summed E-state index contributed by atoms with van der Waals surface area (Å²) < 4.78 is 0. The molecule has 0 aromatic heterocycles. The lowest BCUT2D eigenvalue weighted by atomic mass is 9.89. The summed E-state index contributed by atoms with van der Waals surface area (Å²) in [6.07, 6.45) is 12.6. The van der Waals surface area contributed by atoms with Crippen molar-refractivity contribution in [2.75, 3.05) is 0 Å². The number of unbranched alkanes of at least 4 members (excludes halogenated alkanes) is 7. The summed E-state index contributed by atoms with van der Waals surface area (Å²) in [5.74, 6) is 0. The minimum absolute atomic E-state index is 0.294. The zero-order valence-corrected chi connectivity index (χ0v) is 10.6. The lowest BCUT2D eigenvalue weighted by Gasteiger charge is -2.17. The second kappa shape index (κ2) is 8.32. The minimum Gasteiger partial charge on any atom is -0.0654 e. The highest BCUT2D eigenvalue weighted by molar-refractivity contribution is 4.69. The SMILES string of the molecule is [CH2]C(C)(C)CCCCCCCCCC. The summed E-state index contributed by atoms with van der Waals surface area (Å²) in [5.41, 5.74) is 0.294. The molecule has 0 rings (SSSR count). The lowest BCUT2D eigenvalue weighted by Crippen LogP contribution is -2.04. The van der Waals surface area contributed by atoms with Gasteiger partial charge < -0.3 is 0 Å². The molecule has 1 radical (unpaired) electrons. The molecule has 0 fully saturated rings. The summed E-state index contributed by atoms with van der Waals surface area (Å²) in [5, 5.41) is 0. The second-order valence-electron chi connectivity index (χ2n) is 5.39. The van der Waals surface area contributed by atoms with Gasteiger partial charge in [0.2, 0.25) is 0 Å². The van der Waals surface area contributed by atoms with Crippen LogP contribution in [0.3, 0.4) is 0 Å². The first kappa shape index (κ1) is 14.0. The molecule has 14 heavy (non-hydrogen) atoms. The smallest absolute Gasteiger partial charge is 0.0354 e. The molecule has 0 N–H and O–H groups in total. The van der Waals surface area contributed by atoms with Gasteiger partial charge in [0.15, 0.2) is 0 Å². The fourth-order valence-corrected chi connectivity index (χ4v) is 1.74.